The van der Waals surface area contributed by atoms with Gasteiger partial charge in [0.25, 0.3) is 0 Å². The highest BCUT2D eigenvalue weighted by Crippen LogP contribution is 2.30. The predicted molar refractivity (Wildman–Crippen MR) is 124 cm³/mol. The number of hydrogen-bond donors (Lipinski definition) is 5. The van der Waals surface area contributed by atoms with Crippen LogP contribution >= 0.6 is 11.9 Å². The summed E-state index contributed by atoms with van der Waals surface area (Å²) in [7, 11) is 0. The number of nitrogens with zero attached hydrogens (tertiary/aromatic N) is 2. The third-order valence-corrected chi connectivity index (χ3v) is 5.38. The molecule has 3 rings (SSSR count). The Morgan fingerprint density at radius 2 is 2.09 bits per heavy atom. The van der Waals surface area contributed by atoms with Crippen molar-refractivity contribution < 1.29 is 13.6 Å². The number of allylic oxidation sites excluding steroid dienone is 1. The molecule has 168 valence electrons. The number of anilines is 2. The van der Waals surface area contributed by atoms with Crippen LogP contribution in [0.2, 0.25) is 0 Å². The maximum atomic E-state index is 15.1. The lowest BCUT2D eigenvalue weighted by atomic mass is 10.0. The number of ketones is 1. The zero-order valence-corrected chi connectivity index (χ0v) is 18.4. The summed E-state index contributed by atoms with van der Waals surface area (Å²) in [5.41, 5.74) is 0.0582. The molecule has 0 spiro atoms. The molecule has 0 aliphatic heterocycles. The van der Waals surface area contributed by atoms with Gasteiger partial charge in [-0.1, -0.05) is 18.9 Å². The normalized spacial score (nSPS) is 11.4. The van der Waals surface area contributed by atoms with Gasteiger partial charge in [-0.05, 0) is 25.5 Å². The van der Waals surface area contributed by atoms with E-state index < -0.39 is 23.0 Å². The Labute approximate surface area is 187 Å². The average molecular weight is 460 g/mol. The van der Waals surface area contributed by atoms with Crippen LogP contribution < -0.4 is 15.4 Å². The number of carbonyl (C=O) groups is 1. The van der Waals surface area contributed by atoms with E-state index in [0.29, 0.717) is 17.9 Å². The Morgan fingerprint density at radius 1 is 1.28 bits per heavy atom. The van der Waals surface area contributed by atoms with Crippen LogP contribution in [0.1, 0.15) is 36.2 Å². The standard InChI is InChI=1S/C21H23F2N7OS/c1-3-7-32-30-15-6-5-14(22)17(18(15)23)19(31)13-10-26-20-16(13)21(28-11-27-20)29-12(8-24)9-25-4-2/h5-6,8-11,24-25,30H,3-4,7H2,1-2H3,(H2,26,27,28,29)/b12-9+,24-8?. The highest BCUT2D eigenvalue weighted by molar-refractivity contribution is 8.00. The molecule has 0 bridgehead atoms. The van der Waals surface area contributed by atoms with Crippen molar-refractivity contribution in [3.63, 3.8) is 0 Å². The van der Waals surface area contributed by atoms with Crippen LogP contribution in [0.4, 0.5) is 20.3 Å². The van der Waals surface area contributed by atoms with Crippen molar-refractivity contribution in [2.75, 3.05) is 22.3 Å². The molecule has 2 aromatic heterocycles. The highest BCUT2D eigenvalue weighted by Gasteiger charge is 2.26. The molecule has 5 N–H and O–H groups in total. The molecule has 32 heavy (non-hydrogen) atoms. The van der Waals surface area contributed by atoms with E-state index in [1.165, 1.54) is 30.5 Å². The number of hydrogen-bond acceptors (Lipinski definition) is 8. The van der Waals surface area contributed by atoms with Crippen molar-refractivity contribution >= 4 is 46.5 Å². The highest BCUT2D eigenvalue weighted by atomic mass is 32.2. The van der Waals surface area contributed by atoms with Crippen molar-refractivity contribution in [2.45, 2.75) is 20.3 Å². The van der Waals surface area contributed by atoms with Gasteiger partial charge >= 0.3 is 0 Å². The fraction of sp³-hybridized carbons (Fsp3) is 0.238. The molecule has 0 aliphatic rings. The molecule has 0 saturated heterocycles. The van der Waals surface area contributed by atoms with E-state index in [-0.39, 0.29) is 22.5 Å². The van der Waals surface area contributed by atoms with Crippen molar-refractivity contribution in [3.8, 4) is 0 Å². The van der Waals surface area contributed by atoms with Crippen molar-refractivity contribution in [1.82, 2.24) is 20.3 Å². The van der Waals surface area contributed by atoms with E-state index in [0.717, 1.165) is 24.5 Å². The number of rotatable bonds is 11. The number of aromatic amines is 1. The fourth-order valence-electron chi connectivity index (χ4n) is 2.90. The van der Waals surface area contributed by atoms with E-state index in [1.54, 1.807) is 6.20 Å². The van der Waals surface area contributed by atoms with E-state index in [9.17, 15) is 9.18 Å². The third kappa shape index (κ3) is 4.88. The SMILES string of the molecule is CCCSNc1ccc(F)c(C(=O)c2c[nH]c3ncnc(N/C(C=N)=C/NCC)c23)c1F. The Hall–Kier alpha value is -3.47. The van der Waals surface area contributed by atoms with Gasteiger partial charge in [-0.25, -0.2) is 18.7 Å². The van der Waals surface area contributed by atoms with Gasteiger partial charge in [-0.15, -0.1) is 0 Å². The number of nitrogens with one attached hydrogen (secondary N) is 5. The van der Waals surface area contributed by atoms with Crippen molar-refractivity contribution in [2.24, 2.45) is 0 Å². The van der Waals surface area contributed by atoms with Crippen LogP contribution in [0.5, 0.6) is 0 Å². The zero-order valence-electron chi connectivity index (χ0n) is 17.6. The van der Waals surface area contributed by atoms with Crippen LogP contribution in [0.15, 0.2) is 36.6 Å². The summed E-state index contributed by atoms with van der Waals surface area (Å²) in [4.78, 5) is 24.3. The Morgan fingerprint density at radius 3 is 2.81 bits per heavy atom. The zero-order chi connectivity index (χ0) is 23.1. The van der Waals surface area contributed by atoms with E-state index in [4.69, 9.17) is 5.41 Å². The summed E-state index contributed by atoms with van der Waals surface area (Å²) in [5.74, 6) is -1.83. The lowest BCUT2D eigenvalue weighted by molar-refractivity contribution is 0.103. The summed E-state index contributed by atoms with van der Waals surface area (Å²) in [6, 6.07) is 2.32. The van der Waals surface area contributed by atoms with E-state index >= 15 is 4.39 Å². The first-order chi connectivity index (χ1) is 15.5. The summed E-state index contributed by atoms with van der Waals surface area (Å²) in [6.45, 7) is 4.52. The average Bonchev–Trinajstić information content (AvgIpc) is 3.23. The molecular formula is C21H23F2N7OS. The molecule has 0 amide bonds. The van der Waals surface area contributed by atoms with Crippen molar-refractivity contribution in [1.29, 1.82) is 5.41 Å². The van der Waals surface area contributed by atoms with Crippen LogP contribution in [-0.2, 0) is 0 Å². The van der Waals surface area contributed by atoms with Crippen LogP contribution in [0.3, 0.4) is 0 Å². The summed E-state index contributed by atoms with van der Waals surface area (Å²) >= 11 is 1.27. The second kappa shape index (κ2) is 10.7. The lowest BCUT2D eigenvalue weighted by Gasteiger charge is -2.11. The quantitative estimate of drug-likeness (QED) is 0.124. The molecule has 0 aliphatic carbocycles. The number of carbonyl (C=O) groups excluding carboxylic acids is 1. The van der Waals surface area contributed by atoms with Gasteiger partial charge in [0.1, 0.15) is 23.6 Å². The molecule has 0 saturated carbocycles. The molecule has 3 aromatic rings. The van der Waals surface area contributed by atoms with Gasteiger partial charge in [0.15, 0.2) is 5.82 Å². The topological polar surface area (TPSA) is 119 Å². The third-order valence-electron chi connectivity index (χ3n) is 4.40. The molecular weight excluding hydrogens is 436 g/mol. The smallest absolute Gasteiger partial charge is 0.201 e. The molecule has 0 radical (unpaired) electrons. The van der Waals surface area contributed by atoms with Gasteiger partial charge in [0.2, 0.25) is 5.78 Å². The summed E-state index contributed by atoms with van der Waals surface area (Å²) < 4.78 is 32.5. The minimum Gasteiger partial charge on any atom is -0.389 e. The Kier molecular flexibility index (Phi) is 7.77. The maximum Gasteiger partial charge on any atom is 0.201 e. The largest absolute Gasteiger partial charge is 0.389 e. The molecule has 0 atom stereocenters. The number of H-pyrrole nitrogens is 1. The van der Waals surface area contributed by atoms with Crippen LogP contribution in [-0.4, -0.2) is 39.2 Å². The Balaban J connectivity index is 2.04. The number of halogens is 2. The van der Waals surface area contributed by atoms with Gasteiger partial charge < -0.3 is 25.7 Å². The molecule has 1 aromatic carbocycles. The van der Waals surface area contributed by atoms with E-state index in [1.807, 2.05) is 13.8 Å². The summed E-state index contributed by atoms with van der Waals surface area (Å²) in [6.07, 6.45) is 6.15. The second-order valence-electron chi connectivity index (χ2n) is 6.64. The molecule has 2 heterocycles. The minimum absolute atomic E-state index is 0.00652. The molecule has 8 nitrogen and oxygen atoms in total. The monoisotopic (exact) mass is 459 g/mol. The minimum atomic E-state index is -0.966. The van der Waals surface area contributed by atoms with Crippen LogP contribution in [0, 0.1) is 17.0 Å². The first-order valence-corrected chi connectivity index (χ1v) is 10.9. The van der Waals surface area contributed by atoms with Crippen LogP contribution in [0.25, 0.3) is 11.0 Å². The second-order valence-corrected chi connectivity index (χ2v) is 7.54. The number of aromatic nitrogens is 3. The van der Waals surface area contributed by atoms with Gasteiger partial charge in [0, 0.05) is 30.9 Å². The number of fused-ring (bicyclic) bond motifs is 1. The van der Waals surface area contributed by atoms with Gasteiger partial charge in [-0.3, -0.25) is 4.79 Å². The first-order valence-electron chi connectivity index (χ1n) is 9.95. The first kappa shape index (κ1) is 23.2. The summed E-state index contributed by atoms with van der Waals surface area (Å²) in [5, 5.41) is 13.7. The molecule has 0 fully saturated rings. The molecule has 11 heteroatoms. The van der Waals surface area contributed by atoms with Crippen molar-refractivity contribution in [3.05, 3.63) is 59.3 Å². The Bertz CT molecular complexity index is 1160. The predicted octanol–water partition coefficient (Wildman–Crippen LogP) is 4.45. The van der Waals surface area contributed by atoms with Gasteiger partial charge in [0.05, 0.1) is 27.9 Å². The fourth-order valence-corrected chi connectivity index (χ4v) is 3.52. The van der Waals surface area contributed by atoms with E-state index in [2.05, 4.69) is 30.3 Å². The molecule has 0 unspecified atom stereocenters. The lowest BCUT2D eigenvalue weighted by Crippen LogP contribution is -2.12. The maximum absolute atomic E-state index is 15.1. The van der Waals surface area contributed by atoms with Gasteiger partial charge in [-0.2, -0.15) is 0 Å². The number of benzene rings is 1.